The second-order valence-electron chi connectivity index (χ2n) is 10.0. The molecule has 0 unspecified atom stereocenters. The number of carbonyl (C=O) groups is 3. The van der Waals surface area contributed by atoms with Gasteiger partial charge in [0.25, 0.3) is 0 Å². The third kappa shape index (κ3) is 6.23. The molecule has 0 spiro atoms. The van der Waals surface area contributed by atoms with Gasteiger partial charge in [-0.05, 0) is 68.0 Å². The molecular weight excluding hydrogens is 555 g/mol. The Bertz CT molecular complexity index is 1310. The summed E-state index contributed by atoms with van der Waals surface area (Å²) in [6, 6.07) is 10.5. The van der Waals surface area contributed by atoms with Crippen LogP contribution in [0.4, 0.5) is 0 Å². The van der Waals surface area contributed by atoms with Crippen LogP contribution in [0, 0.1) is 11.3 Å². The van der Waals surface area contributed by atoms with Gasteiger partial charge in [-0.15, -0.1) is 0 Å². The van der Waals surface area contributed by atoms with Crippen molar-refractivity contribution in [2.75, 3.05) is 20.8 Å². The van der Waals surface area contributed by atoms with Crippen LogP contribution in [0.2, 0.25) is 10.0 Å². The zero-order valence-electron chi connectivity index (χ0n) is 22.9. The lowest BCUT2D eigenvalue weighted by molar-refractivity contribution is -0.162. The number of nitrogens with zero attached hydrogens (tertiary/aromatic N) is 1. The second kappa shape index (κ2) is 13.0. The van der Waals surface area contributed by atoms with E-state index in [1.54, 1.807) is 56.4 Å². The number of rotatable bonds is 10. The number of allylic oxidation sites excluding steroid dienone is 1. The molecule has 214 valence electrons. The summed E-state index contributed by atoms with van der Waals surface area (Å²) in [6.45, 7) is 2.39. The van der Waals surface area contributed by atoms with Crippen LogP contribution in [-0.2, 0) is 32.2 Å². The average Bonchev–Trinajstić information content (AvgIpc) is 2.95. The van der Waals surface area contributed by atoms with Crippen molar-refractivity contribution in [2.45, 2.75) is 52.1 Å². The minimum atomic E-state index is -1.00. The molecule has 1 heterocycles. The molecule has 1 aliphatic heterocycles. The summed E-state index contributed by atoms with van der Waals surface area (Å²) in [6.07, 6.45) is 4.17. The lowest BCUT2D eigenvalue weighted by atomic mass is 9.66. The predicted molar refractivity (Wildman–Crippen MR) is 152 cm³/mol. The lowest BCUT2D eigenvalue weighted by Gasteiger charge is -2.48. The fourth-order valence-corrected chi connectivity index (χ4v) is 6.05. The van der Waals surface area contributed by atoms with Crippen molar-refractivity contribution in [2.24, 2.45) is 11.3 Å². The van der Waals surface area contributed by atoms with Gasteiger partial charge in [-0.2, -0.15) is 0 Å². The standard InChI is InChI=1S/C30H34Cl2N2O6/c1-4-40-29(37)30-12-6-5-7-26(30)34(18-20-9-10-22(31)15-23(20)32)28(36)21(16-30)14-27(35)33-17-19-8-11-24(38-2)25(13-19)39-3/h7-11,13,15,21H,4-6,12,14,16-18H2,1-3H3,(H,33,35)/t21-,30+/m1/s1. The van der Waals surface area contributed by atoms with E-state index in [1.807, 2.05) is 12.1 Å². The lowest BCUT2D eigenvalue weighted by Crippen LogP contribution is -2.54. The smallest absolute Gasteiger partial charge is 0.318 e. The minimum absolute atomic E-state index is 0.0641. The van der Waals surface area contributed by atoms with Gasteiger partial charge in [0.05, 0.1) is 27.4 Å². The minimum Gasteiger partial charge on any atom is -0.493 e. The fraction of sp³-hybridized carbons (Fsp3) is 0.433. The molecule has 2 atom stereocenters. The monoisotopic (exact) mass is 588 g/mol. The molecule has 1 saturated heterocycles. The van der Waals surface area contributed by atoms with Crippen LogP contribution in [0.25, 0.3) is 0 Å². The van der Waals surface area contributed by atoms with Crippen LogP contribution >= 0.6 is 23.2 Å². The molecule has 0 radical (unpaired) electrons. The van der Waals surface area contributed by atoms with E-state index in [1.165, 1.54) is 0 Å². The van der Waals surface area contributed by atoms with Gasteiger partial charge in [-0.1, -0.05) is 41.4 Å². The van der Waals surface area contributed by atoms with Crippen molar-refractivity contribution in [3.05, 3.63) is 69.3 Å². The number of piperidine rings is 1. The zero-order valence-corrected chi connectivity index (χ0v) is 24.4. The van der Waals surface area contributed by atoms with Gasteiger partial charge < -0.3 is 24.4 Å². The van der Waals surface area contributed by atoms with Crippen LogP contribution in [0.1, 0.15) is 50.2 Å². The first kappa shape index (κ1) is 29.7. The summed E-state index contributed by atoms with van der Waals surface area (Å²) < 4.78 is 16.1. The van der Waals surface area contributed by atoms with Crippen LogP contribution in [0.3, 0.4) is 0 Å². The first-order chi connectivity index (χ1) is 19.2. The number of amides is 2. The summed E-state index contributed by atoms with van der Waals surface area (Å²) in [5.41, 5.74) is 1.15. The van der Waals surface area contributed by atoms with E-state index < -0.39 is 11.3 Å². The first-order valence-corrected chi connectivity index (χ1v) is 14.1. The number of carbonyl (C=O) groups excluding carboxylic acids is 3. The number of methoxy groups -OCH3 is 2. The van der Waals surface area contributed by atoms with E-state index in [4.69, 9.17) is 37.4 Å². The zero-order chi connectivity index (χ0) is 28.9. The Morgan fingerprint density at radius 1 is 1.10 bits per heavy atom. The quantitative estimate of drug-likeness (QED) is 0.359. The molecule has 2 aromatic rings. The summed E-state index contributed by atoms with van der Waals surface area (Å²) in [5.74, 6) is -0.444. The van der Waals surface area contributed by atoms with Crippen molar-refractivity contribution in [1.82, 2.24) is 10.2 Å². The Morgan fingerprint density at radius 2 is 1.88 bits per heavy atom. The van der Waals surface area contributed by atoms with Crippen molar-refractivity contribution in [1.29, 1.82) is 0 Å². The molecule has 4 rings (SSSR count). The second-order valence-corrected chi connectivity index (χ2v) is 10.9. The maximum atomic E-state index is 13.9. The van der Waals surface area contributed by atoms with Crippen LogP contribution in [0.15, 0.2) is 48.2 Å². The van der Waals surface area contributed by atoms with Crippen molar-refractivity contribution >= 4 is 41.0 Å². The number of halogens is 2. The maximum Gasteiger partial charge on any atom is 0.318 e. The van der Waals surface area contributed by atoms with Gasteiger partial charge in [0.15, 0.2) is 11.5 Å². The van der Waals surface area contributed by atoms with Crippen molar-refractivity contribution in [3.63, 3.8) is 0 Å². The highest BCUT2D eigenvalue weighted by atomic mass is 35.5. The Labute approximate surface area is 244 Å². The number of ether oxygens (including phenoxy) is 3. The molecule has 0 saturated carbocycles. The fourth-order valence-electron chi connectivity index (χ4n) is 5.58. The highest BCUT2D eigenvalue weighted by molar-refractivity contribution is 6.35. The van der Waals surface area contributed by atoms with Crippen LogP contribution in [-0.4, -0.2) is 43.5 Å². The van der Waals surface area contributed by atoms with Gasteiger partial charge >= 0.3 is 5.97 Å². The highest BCUT2D eigenvalue weighted by Gasteiger charge is 2.54. The van der Waals surface area contributed by atoms with Gasteiger partial charge in [-0.25, -0.2) is 0 Å². The largest absolute Gasteiger partial charge is 0.493 e. The summed E-state index contributed by atoms with van der Waals surface area (Å²) in [5, 5.41) is 3.81. The third-order valence-corrected chi connectivity index (χ3v) is 8.10. The van der Waals surface area contributed by atoms with E-state index in [9.17, 15) is 14.4 Å². The molecular formula is C30H34Cl2N2O6. The van der Waals surface area contributed by atoms with Gasteiger partial charge in [-0.3, -0.25) is 14.4 Å². The predicted octanol–water partition coefficient (Wildman–Crippen LogP) is 5.68. The topological polar surface area (TPSA) is 94.2 Å². The normalized spacial score (nSPS) is 20.3. The van der Waals surface area contributed by atoms with Gasteiger partial charge in [0.1, 0.15) is 5.41 Å². The van der Waals surface area contributed by atoms with E-state index in [0.717, 1.165) is 18.4 Å². The molecule has 1 fully saturated rings. The molecule has 2 aromatic carbocycles. The van der Waals surface area contributed by atoms with Crippen molar-refractivity contribution in [3.8, 4) is 11.5 Å². The number of hydrogen-bond acceptors (Lipinski definition) is 6. The van der Waals surface area contributed by atoms with Gasteiger partial charge in [0, 0.05) is 34.6 Å². The maximum absolute atomic E-state index is 13.9. The molecule has 2 amide bonds. The number of likely N-dealkylation sites (tertiary alicyclic amines) is 1. The highest BCUT2D eigenvalue weighted by Crippen LogP contribution is 2.50. The average molecular weight is 590 g/mol. The molecule has 1 aliphatic carbocycles. The summed E-state index contributed by atoms with van der Waals surface area (Å²) >= 11 is 12.6. The Hall–Kier alpha value is -3.23. The van der Waals surface area contributed by atoms with E-state index in [2.05, 4.69) is 5.32 Å². The van der Waals surface area contributed by atoms with E-state index in [-0.39, 0.29) is 50.3 Å². The van der Waals surface area contributed by atoms with Crippen LogP contribution in [0.5, 0.6) is 11.5 Å². The van der Waals surface area contributed by atoms with Crippen LogP contribution < -0.4 is 14.8 Å². The molecule has 1 N–H and O–H groups in total. The number of hydrogen-bond donors (Lipinski definition) is 1. The number of fused-ring (bicyclic) bond motifs is 1. The Morgan fingerprint density at radius 3 is 2.58 bits per heavy atom. The molecule has 2 aliphatic rings. The number of benzene rings is 2. The SMILES string of the molecule is CCOC(=O)[C@]12CCCC=C1N(Cc1ccc(Cl)cc1Cl)C(=O)[C@H](CC(=O)NCc1ccc(OC)c(OC)c1)C2. The summed E-state index contributed by atoms with van der Waals surface area (Å²) in [7, 11) is 3.10. The first-order valence-electron chi connectivity index (χ1n) is 13.3. The van der Waals surface area contributed by atoms with Gasteiger partial charge in [0.2, 0.25) is 11.8 Å². The third-order valence-electron chi connectivity index (χ3n) is 7.52. The number of nitrogens with one attached hydrogen (secondary N) is 1. The Kier molecular flexibility index (Phi) is 9.64. The molecule has 10 heteroatoms. The molecule has 0 bridgehead atoms. The van der Waals surface area contributed by atoms with E-state index >= 15 is 0 Å². The van der Waals surface area contributed by atoms with Crippen molar-refractivity contribution < 1.29 is 28.6 Å². The Balaban J connectivity index is 1.58. The van der Waals surface area contributed by atoms with E-state index in [0.29, 0.717) is 39.2 Å². The molecule has 40 heavy (non-hydrogen) atoms. The molecule has 0 aromatic heterocycles. The number of esters is 1. The summed E-state index contributed by atoms with van der Waals surface area (Å²) in [4.78, 5) is 42.1. The molecule has 8 nitrogen and oxygen atoms in total.